The Morgan fingerprint density at radius 1 is 1.40 bits per heavy atom. The van der Waals surface area contributed by atoms with E-state index in [-0.39, 0.29) is 0 Å². The fourth-order valence-electron chi connectivity index (χ4n) is 2.01. The molecule has 2 N–H and O–H groups in total. The summed E-state index contributed by atoms with van der Waals surface area (Å²) in [6.45, 7) is 2.12. The zero-order chi connectivity index (χ0) is 10.7. The second-order valence-corrected chi connectivity index (χ2v) is 5.52. The van der Waals surface area contributed by atoms with Gasteiger partial charge < -0.3 is 10.2 Å². The monoisotopic (exact) mass is 225 g/mol. The summed E-state index contributed by atoms with van der Waals surface area (Å²) in [7, 11) is 0. The van der Waals surface area contributed by atoms with Gasteiger partial charge in [-0.25, -0.2) is 0 Å². The first-order valence-corrected chi connectivity index (χ1v) is 6.77. The molecule has 2 atom stereocenters. The Morgan fingerprint density at radius 2 is 2.20 bits per heavy atom. The summed E-state index contributed by atoms with van der Waals surface area (Å²) in [5, 5.41) is 0.746. The van der Waals surface area contributed by atoms with Crippen molar-refractivity contribution in [2.75, 3.05) is 0 Å². The van der Waals surface area contributed by atoms with Crippen molar-refractivity contribution < 1.29 is 4.42 Å². The molecule has 3 heteroatoms. The average molecular weight is 225 g/mol. The van der Waals surface area contributed by atoms with Gasteiger partial charge in [-0.2, -0.15) is 11.8 Å². The van der Waals surface area contributed by atoms with Crippen molar-refractivity contribution in [3.05, 3.63) is 23.7 Å². The van der Waals surface area contributed by atoms with Crippen molar-refractivity contribution in [1.82, 2.24) is 0 Å². The summed E-state index contributed by atoms with van der Waals surface area (Å²) in [5.41, 5.74) is 5.88. The topological polar surface area (TPSA) is 39.2 Å². The first-order valence-electron chi connectivity index (χ1n) is 5.72. The molecule has 2 unspecified atom stereocenters. The van der Waals surface area contributed by atoms with Crippen molar-refractivity contribution in [3.8, 4) is 0 Å². The highest BCUT2D eigenvalue weighted by Crippen LogP contribution is 2.31. The lowest BCUT2D eigenvalue weighted by atomic mass is 10.3. The van der Waals surface area contributed by atoms with E-state index in [1.165, 1.54) is 19.3 Å². The van der Waals surface area contributed by atoms with Crippen molar-refractivity contribution >= 4 is 11.8 Å². The fourth-order valence-corrected chi connectivity index (χ4v) is 3.26. The molecule has 0 spiro atoms. The highest BCUT2D eigenvalue weighted by atomic mass is 32.2. The van der Waals surface area contributed by atoms with Crippen molar-refractivity contribution in [3.63, 3.8) is 0 Å². The Kier molecular flexibility index (Phi) is 3.76. The summed E-state index contributed by atoms with van der Waals surface area (Å²) in [5.74, 6) is 3.20. The number of nitrogens with two attached hydrogens (primary N) is 1. The van der Waals surface area contributed by atoms with E-state index in [1.54, 1.807) is 0 Å². The molecule has 0 saturated heterocycles. The minimum absolute atomic E-state index is 0.435. The zero-order valence-electron chi connectivity index (χ0n) is 9.24. The van der Waals surface area contributed by atoms with Crippen LogP contribution in [0, 0.1) is 0 Å². The lowest BCUT2D eigenvalue weighted by Gasteiger charge is -2.07. The SMILES string of the molecule is CCc1ccc(CSC2CCC(N)C2)o1. The first-order chi connectivity index (χ1) is 7.28. The minimum atomic E-state index is 0.435. The molecule has 0 amide bonds. The number of hydrogen-bond acceptors (Lipinski definition) is 3. The largest absolute Gasteiger partial charge is 0.465 e. The van der Waals surface area contributed by atoms with Crippen LogP contribution in [0.4, 0.5) is 0 Å². The molecule has 0 aliphatic heterocycles. The van der Waals surface area contributed by atoms with Gasteiger partial charge in [-0.15, -0.1) is 0 Å². The number of furan rings is 1. The second kappa shape index (κ2) is 5.08. The maximum absolute atomic E-state index is 5.88. The molecular weight excluding hydrogens is 206 g/mol. The van der Waals surface area contributed by atoms with E-state index < -0.39 is 0 Å². The number of aryl methyl sites for hydroxylation is 1. The van der Waals surface area contributed by atoms with Gasteiger partial charge in [0.15, 0.2) is 0 Å². The lowest BCUT2D eigenvalue weighted by molar-refractivity contribution is 0.485. The highest BCUT2D eigenvalue weighted by molar-refractivity contribution is 7.99. The van der Waals surface area contributed by atoms with Crippen molar-refractivity contribution in [1.29, 1.82) is 0 Å². The van der Waals surface area contributed by atoms with Gasteiger partial charge in [-0.1, -0.05) is 6.92 Å². The quantitative estimate of drug-likeness (QED) is 0.856. The van der Waals surface area contributed by atoms with E-state index in [0.29, 0.717) is 6.04 Å². The predicted molar refractivity (Wildman–Crippen MR) is 65.0 cm³/mol. The van der Waals surface area contributed by atoms with Crippen LogP contribution in [0.2, 0.25) is 0 Å². The third-order valence-electron chi connectivity index (χ3n) is 2.95. The predicted octanol–water partition coefficient (Wildman–Crippen LogP) is 2.96. The molecule has 0 aromatic carbocycles. The number of thioether (sulfide) groups is 1. The van der Waals surface area contributed by atoms with E-state index in [1.807, 2.05) is 11.8 Å². The molecule has 0 bridgehead atoms. The molecule has 1 aliphatic carbocycles. The first kappa shape index (κ1) is 11.1. The van der Waals surface area contributed by atoms with Gasteiger partial charge in [0.2, 0.25) is 0 Å². The Hall–Kier alpha value is -0.410. The van der Waals surface area contributed by atoms with E-state index in [9.17, 15) is 0 Å². The van der Waals surface area contributed by atoms with Crippen LogP contribution in [-0.4, -0.2) is 11.3 Å². The highest BCUT2D eigenvalue weighted by Gasteiger charge is 2.22. The minimum Gasteiger partial charge on any atom is -0.465 e. The molecule has 15 heavy (non-hydrogen) atoms. The van der Waals surface area contributed by atoms with Crippen LogP contribution in [0.1, 0.15) is 37.7 Å². The fraction of sp³-hybridized carbons (Fsp3) is 0.667. The summed E-state index contributed by atoms with van der Waals surface area (Å²) in [4.78, 5) is 0. The number of hydrogen-bond donors (Lipinski definition) is 1. The van der Waals surface area contributed by atoms with Crippen LogP contribution < -0.4 is 5.73 Å². The smallest absolute Gasteiger partial charge is 0.114 e. The van der Waals surface area contributed by atoms with E-state index in [4.69, 9.17) is 10.2 Å². The normalized spacial score (nSPS) is 26.0. The molecule has 1 saturated carbocycles. The third kappa shape index (κ3) is 3.02. The second-order valence-electron chi connectivity index (χ2n) is 4.23. The standard InChI is InChI=1S/C12H19NOS/c1-2-10-4-5-11(14-10)8-15-12-6-3-9(13)7-12/h4-5,9,12H,2-3,6-8,13H2,1H3. The molecule has 84 valence electrons. The van der Waals surface area contributed by atoms with Gasteiger partial charge >= 0.3 is 0 Å². The van der Waals surface area contributed by atoms with Gasteiger partial charge in [0.05, 0.1) is 5.75 Å². The Morgan fingerprint density at radius 3 is 2.80 bits per heavy atom. The molecule has 1 aromatic heterocycles. The van der Waals surface area contributed by atoms with Gasteiger partial charge in [0.25, 0.3) is 0 Å². The number of rotatable bonds is 4. The Bertz CT molecular complexity index is 310. The Balaban J connectivity index is 1.77. The summed E-state index contributed by atoms with van der Waals surface area (Å²) >= 11 is 1.99. The van der Waals surface area contributed by atoms with Gasteiger partial charge in [-0.05, 0) is 31.4 Å². The molecule has 1 heterocycles. The van der Waals surface area contributed by atoms with E-state index >= 15 is 0 Å². The van der Waals surface area contributed by atoms with Crippen molar-refractivity contribution in [2.45, 2.75) is 49.7 Å². The maximum Gasteiger partial charge on any atom is 0.114 e. The van der Waals surface area contributed by atoms with Gasteiger partial charge in [0.1, 0.15) is 11.5 Å². The molecular formula is C12H19NOS. The van der Waals surface area contributed by atoms with Gasteiger partial charge in [-0.3, -0.25) is 0 Å². The molecule has 1 fully saturated rings. The summed E-state index contributed by atoms with van der Waals surface area (Å²) in [6, 6.07) is 4.61. The average Bonchev–Trinajstić information content (AvgIpc) is 2.83. The van der Waals surface area contributed by atoms with Crippen LogP contribution in [-0.2, 0) is 12.2 Å². The van der Waals surface area contributed by atoms with Crippen LogP contribution >= 0.6 is 11.8 Å². The maximum atomic E-state index is 5.88. The van der Waals surface area contributed by atoms with Crippen molar-refractivity contribution in [2.24, 2.45) is 5.73 Å². The van der Waals surface area contributed by atoms with Crippen LogP contribution in [0.3, 0.4) is 0 Å². The van der Waals surface area contributed by atoms with Gasteiger partial charge in [0, 0.05) is 17.7 Å². The van der Waals surface area contributed by atoms with E-state index in [2.05, 4.69) is 19.1 Å². The summed E-state index contributed by atoms with van der Waals surface area (Å²) in [6.07, 6.45) is 4.62. The molecule has 2 rings (SSSR count). The molecule has 1 aliphatic rings. The summed E-state index contributed by atoms with van der Waals surface area (Å²) < 4.78 is 5.67. The third-order valence-corrected chi connectivity index (χ3v) is 4.30. The van der Waals surface area contributed by atoms with Crippen LogP contribution in [0.25, 0.3) is 0 Å². The van der Waals surface area contributed by atoms with E-state index in [0.717, 1.165) is 28.9 Å². The Labute approximate surface area is 95.6 Å². The molecule has 2 nitrogen and oxygen atoms in total. The lowest BCUT2D eigenvalue weighted by Crippen LogP contribution is -2.15. The van der Waals surface area contributed by atoms with Crippen LogP contribution in [0.5, 0.6) is 0 Å². The van der Waals surface area contributed by atoms with Crippen LogP contribution in [0.15, 0.2) is 16.5 Å². The molecule has 1 aromatic rings. The molecule has 0 radical (unpaired) electrons. The zero-order valence-corrected chi connectivity index (χ0v) is 10.1.